The van der Waals surface area contributed by atoms with Gasteiger partial charge >= 0.3 is 0 Å². The quantitative estimate of drug-likeness (QED) is 0.632. The summed E-state index contributed by atoms with van der Waals surface area (Å²) in [4.78, 5) is 16.4. The molecule has 0 aliphatic rings. The highest BCUT2D eigenvalue weighted by Crippen LogP contribution is 2.29. The van der Waals surface area contributed by atoms with Crippen LogP contribution in [0.2, 0.25) is 0 Å². The van der Waals surface area contributed by atoms with Crippen molar-refractivity contribution in [3.05, 3.63) is 53.9 Å². The molecular formula is C20H21N3O2S. The van der Waals surface area contributed by atoms with Gasteiger partial charge in [-0.3, -0.25) is 4.79 Å². The highest BCUT2D eigenvalue weighted by atomic mass is 32.1. The van der Waals surface area contributed by atoms with Crippen molar-refractivity contribution in [2.45, 2.75) is 13.8 Å². The first-order valence-corrected chi connectivity index (χ1v) is 9.21. The highest BCUT2D eigenvalue weighted by molar-refractivity contribution is 7.14. The second kappa shape index (κ2) is 8.01. The van der Waals surface area contributed by atoms with Crippen LogP contribution in [0.15, 0.2) is 53.9 Å². The maximum absolute atomic E-state index is 11.8. The summed E-state index contributed by atoms with van der Waals surface area (Å²) in [5, 5.41) is 8.99. The van der Waals surface area contributed by atoms with Crippen LogP contribution in [0.1, 0.15) is 13.8 Å². The Morgan fingerprint density at radius 1 is 1.12 bits per heavy atom. The van der Waals surface area contributed by atoms with E-state index in [1.807, 2.05) is 67.8 Å². The van der Waals surface area contributed by atoms with E-state index in [4.69, 9.17) is 4.74 Å². The molecule has 0 fully saturated rings. The Hall–Kier alpha value is -2.86. The van der Waals surface area contributed by atoms with E-state index in [9.17, 15) is 4.79 Å². The molecule has 6 heteroatoms. The van der Waals surface area contributed by atoms with Crippen molar-refractivity contribution in [2.75, 3.05) is 17.7 Å². The van der Waals surface area contributed by atoms with E-state index >= 15 is 0 Å². The summed E-state index contributed by atoms with van der Waals surface area (Å²) in [6.07, 6.45) is 0. The summed E-state index contributed by atoms with van der Waals surface area (Å²) in [6, 6.07) is 15.4. The lowest BCUT2D eigenvalue weighted by molar-refractivity contribution is -0.118. The van der Waals surface area contributed by atoms with Crippen molar-refractivity contribution in [3.63, 3.8) is 0 Å². The number of anilines is 3. The van der Waals surface area contributed by atoms with Crippen LogP contribution >= 0.6 is 11.3 Å². The number of aromatic nitrogens is 1. The first kappa shape index (κ1) is 17.9. The zero-order chi connectivity index (χ0) is 18.5. The van der Waals surface area contributed by atoms with Gasteiger partial charge in [-0.25, -0.2) is 4.98 Å². The Labute approximate surface area is 157 Å². The number of nitrogens with one attached hydrogen (secondary N) is 2. The van der Waals surface area contributed by atoms with E-state index in [-0.39, 0.29) is 11.8 Å². The van der Waals surface area contributed by atoms with Gasteiger partial charge in [0.2, 0.25) is 5.91 Å². The Morgan fingerprint density at radius 2 is 1.88 bits per heavy atom. The van der Waals surface area contributed by atoms with E-state index in [2.05, 4.69) is 15.6 Å². The normalized spacial score (nSPS) is 10.6. The second-order valence-corrected chi connectivity index (χ2v) is 6.97. The number of hydrogen-bond acceptors (Lipinski definition) is 5. The maximum atomic E-state index is 11.8. The number of nitrogens with zero attached hydrogens (tertiary/aromatic N) is 1. The summed E-state index contributed by atoms with van der Waals surface area (Å²) >= 11 is 1.54. The first-order chi connectivity index (χ1) is 12.5. The molecule has 26 heavy (non-hydrogen) atoms. The van der Waals surface area contributed by atoms with E-state index < -0.39 is 0 Å². The molecule has 0 saturated heterocycles. The van der Waals surface area contributed by atoms with Gasteiger partial charge in [-0.15, -0.1) is 11.3 Å². The lowest BCUT2D eigenvalue weighted by Gasteiger charge is -2.08. The predicted octanol–water partition coefficient (Wildman–Crippen LogP) is 5.16. The Morgan fingerprint density at radius 3 is 2.58 bits per heavy atom. The number of benzene rings is 2. The van der Waals surface area contributed by atoms with Crippen molar-refractivity contribution in [2.24, 2.45) is 5.92 Å². The fourth-order valence-corrected chi connectivity index (χ4v) is 3.04. The van der Waals surface area contributed by atoms with Gasteiger partial charge in [-0.05, 0) is 24.3 Å². The summed E-state index contributed by atoms with van der Waals surface area (Å²) in [5.74, 6) is 0.764. The van der Waals surface area contributed by atoms with Gasteiger partial charge in [0.1, 0.15) is 5.75 Å². The monoisotopic (exact) mass is 367 g/mol. The molecule has 2 N–H and O–H groups in total. The van der Waals surface area contributed by atoms with Crippen LogP contribution in [-0.4, -0.2) is 18.0 Å². The van der Waals surface area contributed by atoms with Gasteiger partial charge in [-0.1, -0.05) is 32.0 Å². The molecule has 1 heterocycles. The van der Waals surface area contributed by atoms with Gasteiger partial charge in [0.25, 0.3) is 0 Å². The molecule has 0 aliphatic heterocycles. The molecule has 0 atom stereocenters. The first-order valence-electron chi connectivity index (χ1n) is 8.33. The van der Waals surface area contributed by atoms with E-state index in [0.717, 1.165) is 33.5 Å². The molecule has 0 aliphatic carbocycles. The molecule has 3 rings (SSSR count). The lowest BCUT2D eigenvalue weighted by atomic mass is 10.1. The lowest BCUT2D eigenvalue weighted by Crippen LogP contribution is -2.17. The summed E-state index contributed by atoms with van der Waals surface area (Å²) in [5.41, 5.74) is 3.61. The minimum absolute atomic E-state index is 0.0104. The number of rotatable bonds is 6. The van der Waals surface area contributed by atoms with Crippen molar-refractivity contribution < 1.29 is 9.53 Å². The van der Waals surface area contributed by atoms with Crippen LogP contribution in [0.5, 0.6) is 5.75 Å². The molecule has 0 radical (unpaired) electrons. The molecule has 0 spiro atoms. The van der Waals surface area contributed by atoms with Crippen LogP contribution in [0.4, 0.5) is 16.5 Å². The number of hydrogen-bond donors (Lipinski definition) is 2. The standard InChI is InChI=1S/C20H21N3O2S/c1-13(2)19(24)21-15-9-7-14(8-10-15)18-12-26-20(23-18)22-16-5-4-6-17(11-16)25-3/h4-13H,1-3H3,(H,21,24)(H,22,23). The number of thiazole rings is 1. The molecule has 1 amide bonds. The highest BCUT2D eigenvalue weighted by Gasteiger charge is 2.08. The fourth-order valence-electron chi connectivity index (χ4n) is 2.30. The van der Waals surface area contributed by atoms with Gasteiger partial charge < -0.3 is 15.4 Å². The zero-order valence-electron chi connectivity index (χ0n) is 14.9. The number of methoxy groups -OCH3 is 1. The minimum atomic E-state index is -0.0431. The van der Waals surface area contributed by atoms with Crippen LogP contribution < -0.4 is 15.4 Å². The third-order valence-corrected chi connectivity index (χ3v) is 4.56. The van der Waals surface area contributed by atoms with Gasteiger partial charge in [-0.2, -0.15) is 0 Å². The SMILES string of the molecule is COc1cccc(Nc2nc(-c3ccc(NC(=O)C(C)C)cc3)cs2)c1. The number of ether oxygens (including phenoxy) is 1. The van der Waals surface area contributed by atoms with E-state index in [1.165, 1.54) is 11.3 Å². The minimum Gasteiger partial charge on any atom is -0.497 e. The third kappa shape index (κ3) is 4.40. The average Bonchev–Trinajstić information content (AvgIpc) is 3.11. The van der Waals surface area contributed by atoms with Crippen molar-refractivity contribution in [3.8, 4) is 17.0 Å². The third-order valence-electron chi connectivity index (χ3n) is 3.80. The molecule has 5 nitrogen and oxygen atoms in total. The molecule has 0 saturated carbocycles. The molecular weight excluding hydrogens is 346 g/mol. The van der Waals surface area contributed by atoms with Crippen LogP contribution in [0.25, 0.3) is 11.3 Å². The summed E-state index contributed by atoms with van der Waals surface area (Å²) < 4.78 is 5.23. The van der Waals surface area contributed by atoms with E-state index in [0.29, 0.717) is 0 Å². The van der Waals surface area contributed by atoms with Crippen LogP contribution in [0, 0.1) is 5.92 Å². The van der Waals surface area contributed by atoms with Crippen molar-refractivity contribution in [1.82, 2.24) is 4.98 Å². The summed E-state index contributed by atoms with van der Waals surface area (Å²) in [7, 11) is 1.65. The molecule has 3 aromatic rings. The van der Waals surface area contributed by atoms with Gasteiger partial charge in [0.15, 0.2) is 5.13 Å². The number of carbonyl (C=O) groups excluding carboxylic acids is 1. The fraction of sp³-hybridized carbons (Fsp3) is 0.200. The zero-order valence-corrected chi connectivity index (χ0v) is 15.8. The number of carbonyl (C=O) groups is 1. The van der Waals surface area contributed by atoms with Crippen LogP contribution in [0.3, 0.4) is 0 Å². The smallest absolute Gasteiger partial charge is 0.226 e. The topological polar surface area (TPSA) is 63.2 Å². The van der Waals surface area contributed by atoms with Gasteiger partial charge in [0, 0.05) is 34.3 Å². The molecule has 0 unspecified atom stereocenters. The maximum Gasteiger partial charge on any atom is 0.226 e. The molecule has 2 aromatic carbocycles. The Kier molecular flexibility index (Phi) is 5.53. The Bertz CT molecular complexity index is 888. The molecule has 0 bridgehead atoms. The van der Waals surface area contributed by atoms with Crippen molar-refractivity contribution >= 4 is 33.8 Å². The number of amides is 1. The summed E-state index contributed by atoms with van der Waals surface area (Å²) in [6.45, 7) is 3.74. The van der Waals surface area contributed by atoms with E-state index in [1.54, 1.807) is 7.11 Å². The Balaban J connectivity index is 1.70. The molecule has 1 aromatic heterocycles. The van der Waals surface area contributed by atoms with Crippen LogP contribution in [-0.2, 0) is 4.79 Å². The largest absolute Gasteiger partial charge is 0.497 e. The van der Waals surface area contributed by atoms with Crippen molar-refractivity contribution in [1.29, 1.82) is 0 Å². The predicted molar refractivity (Wildman–Crippen MR) is 107 cm³/mol. The second-order valence-electron chi connectivity index (χ2n) is 6.12. The average molecular weight is 367 g/mol. The molecule has 134 valence electrons. The van der Waals surface area contributed by atoms with Gasteiger partial charge in [0.05, 0.1) is 12.8 Å².